The number of carbonyl (C=O) groups excluding carboxylic acids is 1. The molecule has 0 aliphatic heterocycles. The van der Waals surface area contributed by atoms with Gasteiger partial charge in [-0.1, -0.05) is 47.5 Å². The largest absolute Gasteiger partial charge is 0.281 e. The summed E-state index contributed by atoms with van der Waals surface area (Å²) in [6.45, 7) is 0. The van der Waals surface area contributed by atoms with Gasteiger partial charge in [0.15, 0.2) is 0 Å². The van der Waals surface area contributed by atoms with Crippen molar-refractivity contribution in [3.8, 4) is 0 Å². The molecule has 0 aliphatic rings. The highest BCUT2D eigenvalue weighted by molar-refractivity contribution is 8.14. The van der Waals surface area contributed by atoms with Gasteiger partial charge in [-0.25, -0.2) is 0 Å². The maximum atomic E-state index is 12.0. The van der Waals surface area contributed by atoms with E-state index in [1.165, 1.54) is 0 Å². The number of hydrogen-bond donors (Lipinski definition) is 0. The van der Waals surface area contributed by atoms with Crippen molar-refractivity contribution in [2.75, 3.05) is 0 Å². The second-order valence-electron chi connectivity index (χ2n) is 3.30. The molecule has 0 bridgehead atoms. The van der Waals surface area contributed by atoms with Gasteiger partial charge in [0.1, 0.15) is 0 Å². The number of benzene rings is 2. The first-order chi connectivity index (χ1) is 8.18. The van der Waals surface area contributed by atoms with Gasteiger partial charge in [-0.2, -0.15) is 0 Å². The zero-order chi connectivity index (χ0) is 12.3. The van der Waals surface area contributed by atoms with Crippen molar-refractivity contribution in [1.29, 1.82) is 0 Å². The molecule has 0 fully saturated rings. The predicted molar refractivity (Wildman–Crippen MR) is 73.1 cm³/mol. The highest BCUT2D eigenvalue weighted by Crippen LogP contribution is 2.31. The molecule has 0 atom stereocenters. The molecule has 0 aromatic heterocycles. The maximum Gasteiger partial charge on any atom is 0.227 e. The number of halogens is 2. The third kappa shape index (κ3) is 3.03. The third-order valence-electron chi connectivity index (χ3n) is 2.12. The van der Waals surface area contributed by atoms with Crippen molar-refractivity contribution in [2.24, 2.45) is 0 Å². The second kappa shape index (κ2) is 5.58. The van der Waals surface area contributed by atoms with E-state index >= 15 is 0 Å². The third-order valence-corrected chi connectivity index (χ3v) is 3.65. The van der Waals surface area contributed by atoms with Crippen LogP contribution in [-0.4, -0.2) is 5.12 Å². The van der Waals surface area contributed by atoms with Crippen molar-refractivity contribution in [3.05, 3.63) is 64.1 Å². The molecule has 1 nitrogen and oxygen atoms in total. The van der Waals surface area contributed by atoms with Crippen LogP contribution in [0.4, 0.5) is 0 Å². The average Bonchev–Trinajstić information content (AvgIpc) is 2.30. The fraction of sp³-hybridized carbons (Fsp3) is 0. The van der Waals surface area contributed by atoms with Crippen molar-refractivity contribution < 1.29 is 4.79 Å². The number of hydrogen-bond acceptors (Lipinski definition) is 2. The zero-order valence-electron chi connectivity index (χ0n) is 8.69. The lowest BCUT2D eigenvalue weighted by atomic mass is 10.2. The van der Waals surface area contributed by atoms with Crippen molar-refractivity contribution in [3.63, 3.8) is 0 Å². The molecule has 2 aromatic carbocycles. The van der Waals surface area contributed by atoms with E-state index in [1.807, 2.05) is 30.3 Å². The van der Waals surface area contributed by atoms with Gasteiger partial charge in [0.2, 0.25) is 5.12 Å². The Morgan fingerprint density at radius 3 is 2.06 bits per heavy atom. The van der Waals surface area contributed by atoms with Crippen LogP contribution < -0.4 is 0 Å². The molecule has 0 radical (unpaired) electrons. The van der Waals surface area contributed by atoms with Crippen LogP contribution in [0.2, 0.25) is 10.0 Å². The van der Waals surface area contributed by atoms with E-state index in [0.29, 0.717) is 15.6 Å². The van der Waals surface area contributed by atoms with E-state index in [4.69, 9.17) is 23.2 Å². The standard InChI is InChI=1S/C13H8Cl2OS/c14-10-7-4-8-11(15)12(10)13(16)17-9-5-2-1-3-6-9/h1-8H. The molecule has 17 heavy (non-hydrogen) atoms. The molecule has 0 spiro atoms. The first-order valence-electron chi connectivity index (χ1n) is 4.90. The summed E-state index contributed by atoms with van der Waals surface area (Å²) in [4.78, 5) is 12.9. The Bertz CT molecular complexity index is 520. The molecule has 0 aliphatic carbocycles. The van der Waals surface area contributed by atoms with E-state index < -0.39 is 0 Å². The first kappa shape index (κ1) is 12.5. The summed E-state index contributed by atoms with van der Waals surface area (Å²) in [7, 11) is 0. The summed E-state index contributed by atoms with van der Waals surface area (Å²) in [6.07, 6.45) is 0. The molecule has 2 rings (SSSR count). The molecule has 4 heteroatoms. The zero-order valence-corrected chi connectivity index (χ0v) is 11.0. The quantitative estimate of drug-likeness (QED) is 0.727. The highest BCUT2D eigenvalue weighted by Gasteiger charge is 2.15. The van der Waals surface area contributed by atoms with E-state index in [2.05, 4.69) is 0 Å². The summed E-state index contributed by atoms with van der Waals surface area (Å²) in [6, 6.07) is 14.4. The molecule has 0 unspecified atom stereocenters. The van der Waals surface area contributed by atoms with Crippen LogP contribution in [0.15, 0.2) is 53.4 Å². The Morgan fingerprint density at radius 2 is 1.47 bits per heavy atom. The van der Waals surface area contributed by atoms with Gasteiger partial charge < -0.3 is 0 Å². The minimum atomic E-state index is -0.146. The Kier molecular flexibility index (Phi) is 4.11. The Labute approximate surface area is 114 Å². The fourth-order valence-electron chi connectivity index (χ4n) is 1.34. The molecule has 0 amide bonds. The second-order valence-corrected chi connectivity index (χ2v) is 5.16. The predicted octanol–water partition coefficient (Wildman–Crippen LogP) is 4.93. The Hall–Kier alpha value is -0.960. The van der Waals surface area contributed by atoms with E-state index in [-0.39, 0.29) is 5.12 Å². The van der Waals surface area contributed by atoms with E-state index in [0.717, 1.165) is 16.7 Å². The number of rotatable bonds is 2. The van der Waals surface area contributed by atoms with Crippen LogP contribution in [0.5, 0.6) is 0 Å². The van der Waals surface area contributed by atoms with Crippen LogP contribution >= 0.6 is 35.0 Å². The topological polar surface area (TPSA) is 17.1 Å². The van der Waals surface area contributed by atoms with E-state index in [1.54, 1.807) is 18.2 Å². The average molecular weight is 283 g/mol. The molecule has 86 valence electrons. The van der Waals surface area contributed by atoms with Gasteiger partial charge in [-0.15, -0.1) is 0 Å². The molecule has 0 N–H and O–H groups in total. The van der Waals surface area contributed by atoms with E-state index in [9.17, 15) is 4.79 Å². The summed E-state index contributed by atoms with van der Waals surface area (Å²) in [5.74, 6) is 0. The minimum absolute atomic E-state index is 0.146. The highest BCUT2D eigenvalue weighted by atomic mass is 35.5. The van der Waals surface area contributed by atoms with Crippen molar-refractivity contribution in [1.82, 2.24) is 0 Å². The minimum Gasteiger partial charge on any atom is -0.281 e. The van der Waals surface area contributed by atoms with Gasteiger partial charge in [-0.3, -0.25) is 4.79 Å². The van der Waals surface area contributed by atoms with Gasteiger partial charge in [0.05, 0.1) is 15.6 Å². The molecular formula is C13H8Cl2OS. The SMILES string of the molecule is O=C(Sc1ccccc1)c1c(Cl)cccc1Cl. The monoisotopic (exact) mass is 282 g/mol. The Morgan fingerprint density at radius 1 is 0.882 bits per heavy atom. The van der Waals surface area contributed by atoms with Gasteiger partial charge >= 0.3 is 0 Å². The molecule has 2 aromatic rings. The van der Waals surface area contributed by atoms with Crippen LogP contribution in [0.25, 0.3) is 0 Å². The molecular weight excluding hydrogens is 275 g/mol. The van der Waals surface area contributed by atoms with Gasteiger partial charge in [0, 0.05) is 4.90 Å². The first-order valence-corrected chi connectivity index (χ1v) is 6.47. The molecule has 0 saturated heterocycles. The van der Waals surface area contributed by atoms with Crippen molar-refractivity contribution >= 4 is 40.1 Å². The number of carbonyl (C=O) groups is 1. The van der Waals surface area contributed by atoms with Gasteiger partial charge in [-0.05, 0) is 36.0 Å². The summed E-state index contributed by atoms with van der Waals surface area (Å²) < 4.78 is 0. The lowest BCUT2D eigenvalue weighted by Gasteiger charge is -2.05. The maximum absolute atomic E-state index is 12.0. The molecule has 0 saturated carbocycles. The fourth-order valence-corrected chi connectivity index (χ4v) is 2.85. The van der Waals surface area contributed by atoms with Crippen LogP contribution in [0, 0.1) is 0 Å². The van der Waals surface area contributed by atoms with Crippen LogP contribution in [0.3, 0.4) is 0 Å². The van der Waals surface area contributed by atoms with Crippen LogP contribution in [-0.2, 0) is 0 Å². The summed E-state index contributed by atoms with van der Waals surface area (Å²) in [5, 5.41) is 0.615. The Balaban J connectivity index is 2.27. The van der Waals surface area contributed by atoms with Gasteiger partial charge in [0.25, 0.3) is 0 Å². The molecule has 0 heterocycles. The van der Waals surface area contributed by atoms with Crippen molar-refractivity contribution in [2.45, 2.75) is 4.90 Å². The normalized spacial score (nSPS) is 10.2. The lowest BCUT2D eigenvalue weighted by Crippen LogP contribution is -1.95. The van der Waals surface area contributed by atoms with Crippen LogP contribution in [0.1, 0.15) is 10.4 Å². The summed E-state index contributed by atoms with van der Waals surface area (Å²) >= 11 is 13.1. The lowest BCUT2D eigenvalue weighted by molar-refractivity contribution is 0.108. The number of thioether (sulfide) groups is 1. The summed E-state index contributed by atoms with van der Waals surface area (Å²) in [5.41, 5.74) is 0.365. The smallest absolute Gasteiger partial charge is 0.227 e.